The Hall–Kier alpha value is -1.20. The van der Waals surface area contributed by atoms with E-state index in [1.807, 2.05) is 27.8 Å². The van der Waals surface area contributed by atoms with E-state index in [0.717, 1.165) is 18.7 Å². The van der Waals surface area contributed by atoms with Crippen molar-refractivity contribution in [2.24, 2.45) is 0 Å². The normalized spacial score (nSPS) is 10.2. The third kappa shape index (κ3) is 5.53. The van der Waals surface area contributed by atoms with Gasteiger partial charge in [-0.3, -0.25) is 4.79 Å². The highest BCUT2D eigenvalue weighted by Crippen LogP contribution is 2.16. The molecule has 0 bridgehead atoms. The van der Waals surface area contributed by atoms with Crippen LogP contribution in [0.3, 0.4) is 0 Å². The molecular weight excluding hydrogens is 264 g/mol. The highest BCUT2D eigenvalue weighted by Gasteiger charge is 2.15. The van der Waals surface area contributed by atoms with Crippen LogP contribution in [0.5, 0.6) is 0 Å². The van der Waals surface area contributed by atoms with Gasteiger partial charge in [0.2, 0.25) is 0 Å². The zero-order chi connectivity index (χ0) is 13.5. The monoisotopic (exact) mass is 286 g/mol. The molecule has 108 valence electrons. The Kier molecular flexibility index (Phi) is 8.27. The van der Waals surface area contributed by atoms with Gasteiger partial charge in [-0.25, -0.2) is 9.97 Å². The molecule has 2 N–H and O–H groups in total. The van der Waals surface area contributed by atoms with Crippen molar-refractivity contribution < 1.29 is 4.79 Å². The van der Waals surface area contributed by atoms with Crippen LogP contribution in [-0.2, 0) is 0 Å². The lowest BCUT2D eigenvalue weighted by molar-refractivity contribution is 0.0951. The Morgan fingerprint density at radius 1 is 1.37 bits per heavy atom. The zero-order valence-electron chi connectivity index (χ0n) is 12.0. The molecule has 0 atom stereocenters. The van der Waals surface area contributed by atoms with E-state index >= 15 is 0 Å². The predicted molar refractivity (Wildman–Crippen MR) is 79.0 cm³/mol. The minimum absolute atomic E-state index is 0. The topological polar surface area (TPSA) is 66.9 Å². The number of amides is 1. The van der Waals surface area contributed by atoms with Crippen LogP contribution < -0.4 is 10.6 Å². The second kappa shape index (κ2) is 8.82. The molecule has 19 heavy (non-hydrogen) atoms. The summed E-state index contributed by atoms with van der Waals surface area (Å²) in [5.41, 5.74) is 1.40. The van der Waals surface area contributed by atoms with Crippen LogP contribution in [0.2, 0.25) is 0 Å². The van der Waals surface area contributed by atoms with E-state index in [-0.39, 0.29) is 24.2 Å². The van der Waals surface area contributed by atoms with Gasteiger partial charge in [-0.15, -0.1) is 12.4 Å². The van der Waals surface area contributed by atoms with Gasteiger partial charge < -0.3 is 10.6 Å². The summed E-state index contributed by atoms with van der Waals surface area (Å²) in [7, 11) is 1.90. The van der Waals surface area contributed by atoms with Crippen LogP contribution in [0.1, 0.15) is 48.1 Å². The second-order valence-corrected chi connectivity index (χ2v) is 4.58. The number of carbonyl (C=O) groups is 1. The maximum Gasteiger partial charge on any atom is 0.254 e. The SMILES string of the molecule is CNCCCNC(=O)c1cnc(C)nc1C(C)C.Cl. The molecule has 5 nitrogen and oxygen atoms in total. The van der Waals surface area contributed by atoms with E-state index in [2.05, 4.69) is 20.6 Å². The molecule has 0 fully saturated rings. The maximum absolute atomic E-state index is 12.0. The molecule has 0 saturated heterocycles. The fraction of sp³-hybridized carbons (Fsp3) is 0.615. The highest BCUT2D eigenvalue weighted by molar-refractivity contribution is 5.95. The molecule has 1 aromatic heterocycles. The minimum atomic E-state index is -0.0881. The van der Waals surface area contributed by atoms with Crippen molar-refractivity contribution in [3.63, 3.8) is 0 Å². The molecule has 1 amide bonds. The lowest BCUT2D eigenvalue weighted by Crippen LogP contribution is -2.28. The third-order valence-corrected chi connectivity index (χ3v) is 2.62. The molecule has 0 aliphatic heterocycles. The largest absolute Gasteiger partial charge is 0.352 e. The first-order valence-corrected chi connectivity index (χ1v) is 6.32. The van der Waals surface area contributed by atoms with Crippen molar-refractivity contribution in [2.75, 3.05) is 20.1 Å². The summed E-state index contributed by atoms with van der Waals surface area (Å²) in [5, 5.41) is 5.93. The number of nitrogens with zero attached hydrogens (tertiary/aromatic N) is 2. The molecule has 1 rings (SSSR count). The average Bonchev–Trinajstić information content (AvgIpc) is 2.34. The number of hydrogen-bond donors (Lipinski definition) is 2. The molecular formula is C13H23ClN4O. The average molecular weight is 287 g/mol. The van der Waals surface area contributed by atoms with Crippen molar-refractivity contribution in [3.8, 4) is 0 Å². The Morgan fingerprint density at radius 2 is 2.05 bits per heavy atom. The van der Waals surface area contributed by atoms with Gasteiger partial charge in [-0.1, -0.05) is 13.8 Å². The lowest BCUT2D eigenvalue weighted by atomic mass is 10.0. The van der Waals surface area contributed by atoms with Gasteiger partial charge in [-0.05, 0) is 32.9 Å². The summed E-state index contributed by atoms with van der Waals surface area (Å²) >= 11 is 0. The Bertz CT molecular complexity index is 410. The molecule has 0 radical (unpaired) electrons. The van der Waals surface area contributed by atoms with Gasteiger partial charge in [-0.2, -0.15) is 0 Å². The van der Waals surface area contributed by atoms with Crippen molar-refractivity contribution in [3.05, 3.63) is 23.3 Å². The molecule has 6 heteroatoms. The summed E-state index contributed by atoms with van der Waals surface area (Å²) in [6, 6.07) is 0. The van der Waals surface area contributed by atoms with E-state index in [4.69, 9.17) is 0 Å². The smallest absolute Gasteiger partial charge is 0.254 e. The van der Waals surface area contributed by atoms with Crippen LogP contribution >= 0.6 is 12.4 Å². The minimum Gasteiger partial charge on any atom is -0.352 e. The number of rotatable bonds is 6. The molecule has 1 aromatic rings. The van der Waals surface area contributed by atoms with Crippen LogP contribution in [0.15, 0.2) is 6.20 Å². The van der Waals surface area contributed by atoms with E-state index < -0.39 is 0 Å². The van der Waals surface area contributed by atoms with Crippen LogP contribution in [-0.4, -0.2) is 36.0 Å². The van der Waals surface area contributed by atoms with Gasteiger partial charge in [0.1, 0.15) is 5.82 Å². The van der Waals surface area contributed by atoms with Crippen molar-refractivity contribution in [1.82, 2.24) is 20.6 Å². The van der Waals surface area contributed by atoms with Gasteiger partial charge in [0, 0.05) is 12.7 Å². The first kappa shape index (κ1) is 17.8. The van der Waals surface area contributed by atoms with E-state index in [0.29, 0.717) is 17.9 Å². The lowest BCUT2D eigenvalue weighted by Gasteiger charge is -2.12. The molecule has 1 heterocycles. The summed E-state index contributed by atoms with van der Waals surface area (Å²) < 4.78 is 0. The molecule has 0 aliphatic rings. The zero-order valence-corrected chi connectivity index (χ0v) is 12.8. The Morgan fingerprint density at radius 3 is 2.63 bits per heavy atom. The summed E-state index contributed by atoms with van der Waals surface area (Å²) in [6.45, 7) is 7.44. The van der Waals surface area contributed by atoms with E-state index in [9.17, 15) is 4.79 Å². The molecule has 0 aliphatic carbocycles. The summed E-state index contributed by atoms with van der Waals surface area (Å²) in [6.07, 6.45) is 2.52. The standard InChI is InChI=1S/C13H22N4O.ClH/c1-9(2)12-11(8-16-10(3)17-12)13(18)15-7-5-6-14-4;/h8-9,14H,5-7H2,1-4H3,(H,15,18);1H. The number of hydrogen-bond acceptors (Lipinski definition) is 4. The quantitative estimate of drug-likeness (QED) is 0.781. The number of aryl methyl sites for hydroxylation is 1. The van der Waals surface area contributed by atoms with E-state index in [1.165, 1.54) is 0 Å². The molecule has 0 saturated carbocycles. The molecule has 0 unspecified atom stereocenters. The van der Waals surface area contributed by atoms with Crippen molar-refractivity contribution in [2.45, 2.75) is 33.1 Å². The predicted octanol–water partition coefficient (Wildman–Crippen LogP) is 1.67. The van der Waals surface area contributed by atoms with Crippen molar-refractivity contribution >= 4 is 18.3 Å². The van der Waals surface area contributed by atoms with Gasteiger partial charge >= 0.3 is 0 Å². The first-order chi connectivity index (χ1) is 8.56. The maximum atomic E-state index is 12.0. The molecule has 0 spiro atoms. The second-order valence-electron chi connectivity index (χ2n) is 4.58. The number of carbonyl (C=O) groups excluding carboxylic acids is 1. The first-order valence-electron chi connectivity index (χ1n) is 6.32. The number of aromatic nitrogens is 2. The fourth-order valence-corrected chi connectivity index (χ4v) is 1.66. The highest BCUT2D eigenvalue weighted by atomic mass is 35.5. The number of halogens is 1. The Labute approximate surface area is 121 Å². The van der Waals surface area contributed by atoms with Crippen LogP contribution in [0, 0.1) is 6.92 Å². The van der Waals surface area contributed by atoms with Gasteiger partial charge in [0.15, 0.2) is 0 Å². The van der Waals surface area contributed by atoms with Gasteiger partial charge in [0.25, 0.3) is 5.91 Å². The van der Waals surface area contributed by atoms with Crippen molar-refractivity contribution in [1.29, 1.82) is 0 Å². The summed E-state index contributed by atoms with van der Waals surface area (Å²) in [5.74, 6) is 0.824. The summed E-state index contributed by atoms with van der Waals surface area (Å²) in [4.78, 5) is 20.5. The number of nitrogens with one attached hydrogen (secondary N) is 2. The molecule has 0 aromatic carbocycles. The fourth-order valence-electron chi connectivity index (χ4n) is 1.66. The third-order valence-electron chi connectivity index (χ3n) is 2.62. The Balaban J connectivity index is 0.00000324. The van der Waals surface area contributed by atoms with Crippen LogP contribution in [0.25, 0.3) is 0 Å². The van der Waals surface area contributed by atoms with Crippen LogP contribution in [0.4, 0.5) is 0 Å². The van der Waals surface area contributed by atoms with E-state index in [1.54, 1.807) is 6.20 Å². The van der Waals surface area contributed by atoms with Gasteiger partial charge in [0.05, 0.1) is 11.3 Å².